The number of piperidine rings is 1. The molecule has 0 spiro atoms. The summed E-state index contributed by atoms with van der Waals surface area (Å²) in [5.74, 6) is 0.0980. The minimum Gasteiger partial charge on any atom is -0.341 e. The SMILES string of the molecule is CN(CC(=O)N1CCCC(c2ccn[nH]2)C1)S(C)(=O)=O. The zero-order chi connectivity index (χ0) is 14.8. The summed E-state index contributed by atoms with van der Waals surface area (Å²) < 4.78 is 23.8. The topological polar surface area (TPSA) is 86.4 Å². The van der Waals surface area contributed by atoms with Gasteiger partial charge in [0.2, 0.25) is 15.9 Å². The van der Waals surface area contributed by atoms with Crippen LogP contribution in [0.2, 0.25) is 0 Å². The van der Waals surface area contributed by atoms with E-state index < -0.39 is 10.0 Å². The molecule has 112 valence electrons. The van der Waals surface area contributed by atoms with Crippen molar-refractivity contribution >= 4 is 15.9 Å². The number of nitrogens with zero attached hydrogens (tertiary/aromatic N) is 3. The Morgan fingerprint density at radius 2 is 2.35 bits per heavy atom. The van der Waals surface area contributed by atoms with E-state index in [2.05, 4.69) is 10.2 Å². The molecule has 1 N–H and O–H groups in total. The van der Waals surface area contributed by atoms with Crippen molar-refractivity contribution in [2.75, 3.05) is 32.9 Å². The molecule has 8 heteroatoms. The Balaban J connectivity index is 1.97. The average Bonchev–Trinajstić information content (AvgIpc) is 2.91. The highest BCUT2D eigenvalue weighted by molar-refractivity contribution is 7.88. The van der Waals surface area contributed by atoms with E-state index in [0.717, 1.165) is 29.1 Å². The van der Waals surface area contributed by atoms with E-state index >= 15 is 0 Å². The molecule has 7 nitrogen and oxygen atoms in total. The molecule has 1 amide bonds. The van der Waals surface area contributed by atoms with Gasteiger partial charge in [-0.1, -0.05) is 0 Å². The molecule has 2 heterocycles. The highest BCUT2D eigenvalue weighted by atomic mass is 32.2. The molecule has 20 heavy (non-hydrogen) atoms. The molecule has 1 aromatic heterocycles. The van der Waals surface area contributed by atoms with Crippen LogP contribution >= 0.6 is 0 Å². The molecule has 1 aromatic rings. The number of hydrogen-bond acceptors (Lipinski definition) is 4. The number of carbonyl (C=O) groups is 1. The van der Waals surface area contributed by atoms with Crippen LogP contribution in [0, 0.1) is 0 Å². The number of sulfonamides is 1. The second-order valence-electron chi connectivity index (χ2n) is 5.21. The van der Waals surface area contributed by atoms with Crippen molar-refractivity contribution in [3.05, 3.63) is 18.0 Å². The molecule has 1 aliphatic heterocycles. The number of carbonyl (C=O) groups excluding carboxylic acids is 1. The molecule has 1 saturated heterocycles. The second-order valence-corrected chi connectivity index (χ2v) is 7.30. The van der Waals surface area contributed by atoms with Gasteiger partial charge in [0.15, 0.2) is 0 Å². The van der Waals surface area contributed by atoms with Crippen molar-refractivity contribution < 1.29 is 13.2 Å². The maximum Gasteiger partial charge on any atom is 0.237 e. The summed E-state index contributed by atoms with van der Waals surface area (Å²) in [4.78, 5) is 13.9. The molecule has 0 saturated carbocycles. The number of amides is 1. The fourth-order valence-electron chi connectivity index (χ4n) is 2.36. The Morgan fingerprint density at radius 1 is 1.60 bits per heavy atom. The van der Waals surface area contributed by atoms with Gasteiger partial charge in [-0.2, -0.15) is 9.40 Å². The molecule has 0 aliphatic carbocycles. The summed E-state index contributed by atoms with van der Waals surface area (Å²) in [6, 6.07) is 1.92. The lowest BCUT2D eigenvalue weighted by Gasteiger charge is -2.33. The number of likely N-dealkylation sites (tertiary alicyclic amines) is 1. The van der Waals surface area contributed by atoms with E-state index in [1.54, 1.807) is 11.1 Å². The van der Waals surface area contributed by atoms with Crippen LogP contribution in [0.4, 0.5) is 0 Å². The maximum absolute atomic E-state index is 12.2. The van der Waals surface area contributed by atoms with Crippen LogP contribution in [0.15, 0.2) is 12.3 Å². The number of rotatable bonds is 4. The molecule has 0 aromatic carbocycles. The van der Waals surface area contributed by atoms with Crippen LogP contribution in [0.5, 0.6) is 0 Å². The smallest absolute Gasteiger partial charge is 0.237 e. The Hall–Kier alpha value is -1.41. The second kappa shape index (κ2) is 5.92. The summed E-state index contributed by atoms with van der Waals surface area (Å²) in [5.41, 5.74) is 1.03. The number of hydrogen-bond donors (Lipinski definition) is 1. The van der Waals surface area contributed by atoms with Crippen molar-refractivity contribution in [2.45, 2.75) is 18.8 Å². The molecule has 0 radical (unpaired) electrons. The summed E-state index contributed by atoms with van der Waals surface area (Å²) in [6.45, 7) is 1.19. The quantitative estimate of drug-likeness (QED) is 0.848. The van der Waals surface area contributed by atoms with E-state index in [0.29, 0.717) is 13.1 Å². The van der Waals surface area contributed by atoms with E-state index in [1.807, 2.05) is 6.07 Å². The monoisotopic (exact) mass is 300 g/mol. The van der Waals surface area contributed by atoms with Crippen LogP contribution in [-0.2, 0) is 14.8 Å². The number of likely N-dealkylation sites (N-methyl/N-ethyl adjacent to an activating group) is 1. The van der Waals surface area contributed by atoms with Crippen LogP contribution in [0.3, 0.4) is 0 Å². The Bertz CT molecular complexity index is 555. The predicted molar refractivity (Wildman–Crippen MR) is 74.6 cm³/mol. The third-order valence-corrected chi connectivity index (χ3v) is 4.92. The van der Waals surface area contributed by atoms with Crippen molar-refractivity contribution in [1.29, 1.82) is 0 Å². The third-order valence-electron chi connectivity index (χ3n) is 3.66. The van der Waals surface area contributed by atoms with E-state index in [-0.39, 0.29) is 18.4 Å². The average molecular weight is 300 g/mol. The molecule has 1 aliphatic rings. The highest BCUT2D eigenvalue weighted by Gasteiger charge is 2.27. The zero-order valence-electron chi connectivity index (χ0n) is 11.7. The van der Waals surface area contributed by atoms with Gasteiger partial charge in [-0.15, -0.1) is 0 Å². The summed E-state index contributed by atoms with van der Waals surface area (Å²) >= 11 is 0. The standard InChI is InChI=1S/C12H20N4O3S/c1-15(20(2,18)19)9-12(17)16-7-3-4-10(8-16)11-5-6-13-14-11/h5-6,10H,3-4,7-9H2,1-2H3,(H,13,14). The van der Waals surface area contributed by atoms with Gasteiger partial charge in [0.05, 0.1) is 12.8 Å². The van der Waals surface area contributed by atoms with Crippen molar-refractivity contribution in [1.82, 2.24) is 19.4 Å². The van der Waals surface area contributed by atoms with Crippen LogP contribution in [0.1, 0.15) is 24.5 Å². The van der Waals surface area contributed by atoms with Gasteiger partial charge in [0.1, 0.15) is 0 Å². The Kier molecular flexibility index (Phi) is 4.44. The zero-order valence-corrected chi connectivity index (χ0v) is 12.6. The molecular weight excluding hydrogens is 280 g/mol. The molecule has 2 rings (SSSR count). The normalized spacial score (nSPS) is 20.4. The lowest BCUT2D eigenvalue weighted by molar-refractivity contribution is -0.132. The minimum atomic E-state index is -3.32. The van der Waals surface area contributed by atoms with Gasteiger partial charge in [0.25, 0.3) is 0 Å². The molecule has 1 fully saturated rings. The molecular formula is C12H20N4O3S. The molecule has 1 atom stereocenters. The number of aromatic amines is 1. The first-order valence-corrected chi connectivity index (χ1v) is 8.41. The van der Waals surface area contributed by atoms with Gasteiger partial charge in [-0.05, 0) is 18.9 Å². The fraction of sp³-hybridized carbons (Fsp3) is 0.667. The van der Waals surface area contributed by atoms with E-state index in [4.69, 9.17) is 0 Å². The lowest BCUT2D eigenvalue weighted by atomic mass is 9.95. The number of nitrogens with one attached hydrogen (secondary N) is 1. The van der Waals surface area contributed by atoms with E-state index in [9.17, 15) is 13.2 Å². The van der Waals surface area contributed by atoms with Crippen LogP contribution in [-0.4, -0.2) is 66.7 Å². The lowest BCUT2D eigenvalue weighted by Crippen LogP contribution is -2.44. The van der Waals surface area contributed by atoms with Gasteiger partial charge < -0.3 is 4.90 Å². The van der Waals surface area contributed by atoms with Crippen molar-refractivity contribution in [3.63, 3.8) is 0 Å². The first kappa shape index (κ1) is 15.0. The summed E-state index contributed by atoms with van der Waals surface area (Å²) in [5, 5.41) is 6.87. The first-order valence-electron chi connectivity index (χ1n) is 6.56. The van der Waals surface area contributed by atoms with Crippen molar-refractivity contribution in [2.24, 2.45) is 0 Å². The predicted octanol–water partition coefficient (Wildman–Crippen LogP) is 0.00710. The minimum absolute atomic E-state index is 0.103. The first-order chi connectivity index (χ1) is 9.38. The number of H-pyrrole nitrogens is 1. The Morgan fingerprint density at radius 3 is 2.95 bits per heavy atom. The molecule has 1 unspecified atom stereocenters. The largest absolute Gasteiger partial charge is 0.341 e. The van der Waals surface area contributed by atoms with E-state index in [1.165, 1.54) is 7.05 Å². The maximum atomic E-state index is 12.2. The molecule has 0 bridgehead atoms. The van der Waals surface area contributed by atoms with Gasteiger partial charge in [-0.25, -0.2) is 8.42 Å². The fourth-order valence-corrected chi connectivity index (χ4v) is 2.70. The Labute approximate surface area is 119 Å². The van der Waals surface area contributed by atoms with Gasteiger partial charge in [-0.3, -0.25) is 9.89 Å². The summed E-state index contributed by atoms with van der Waals surface area (Å²) in [7, 11) is -1.90. The highest BCUT2D eigenvalue weighted by Crippen LogP contribution is 2.25. The summed E-state index contributed by atoms with van der Waals surface area (Å²) in [6.07, 6.45) is 4.73. The number of aromatic nitrogens is 2. The van der Waals surface area contributed by atoms with Crippen LogP contribution in [0.25, 0.3) is 0 Å². The van der Waals surface area contributed by atoms with Gasteiger partial charge >= 0.3 is 0 Å². The van der Waals surface area contributed by atoms with Crippen LogP contribution < -0.4 is 0 Å². The van der Waals surface area contributed by atoms with Gasteiger partial charge in [0, 0.05) is 37.9 Å². The van der Waals surface area contributed by atoms with Crippen molar-refractivity contribution in [3.8, 4) is 0 Å². The third kappa shape index (κ3) is 3.57.